The number of carbonyl (C=O) groups is 1. The minimum atomic E-state index is -0.230. The Balaban J connectivity index is 1.45. The molecule has 0 aliphatic carbocycles. The zero-order chi connectivity index (χ0) is 18.6. The molecule has 1 amide bonds. The largest absolute Gasteiger partial charge is 0.484 e. The van der Waals surface area contributed by atoms with Gasteiger partial charge in [-0.2, -0.15) is 4.80 Å². The zero-order valence-electron chi connectivity index (χ0n) is 14.8. The van der Waals surface area contributed by atoms with Crippen molar-refractivity contribution in [1.82, 2.24) is 15.0 Å². The number of anilines is 1. The van der Waals surface area contributed by atoms with Crippen molar-refractivity contribution in [3.63, 3.8) is 0 Å². The van der Waals surface area contributed by atoms with Gasteiger partial charge in [0.25, 0.3) is 5.91 Å². The molecular weight excluding hydrogens is 340 g/mol. The number of amides is 1. The average molecular weight is 358 g/mol. The molecule has 6 nitrogen and oxygen atoms in total. The first kappa shape index (κ1) is 16.8. The molecule has 6 heteroatoms. The first-order valence-electron chi connectivity index (χ1n) is 8.59. The fourth-order valence-electron chi connectivity index (χ4n) is 2.72. The predicted molar refractivity (Wildman–Crippen MR) is 104 cm³/mol. The van der Waals surface area contributed by atoms with Crippen LogP contribution in [-0.2, 0) is 4.79 Å². The van der Waals surface area contributed by atoms with Gasteiger partial charge in [-0.25, -0.2) is 0 Å². The Morgan fingerprint density at radius 2 is 1.78 bits per heavy atom. The maximum atomic E-state index is 12.2. The molecule has 134 valence electrons. The molecule has 0 aliphatic heterocycles. The van der Waals surface area contributed by atoms with Crippen molar-refractivity contribution in [2.75, 3.05) is 11.9 Å². The Labute approximate surface area is 156 Å². The van der Waals surface area contributed by atoms with E-state index in [0.29, 0.717) is 17.0 Å². The Morgan fingerprint density at radius 1 is 0.963 bits per heavy atom. The van der Waals surface area contributed by atoms with Gasteiger partial charge in [0.15, 0.2) is 6.61 Å². The van der Waals surface area contributed by atoms with Crippen LogP contribution in [0.2, 0.25) is 0 Å². The van der Waals surface area contributed by atoms with Crippen molar-refractivity contribution < 1.29 is 9.53 Å². The van der Waals surface area contributed by atoms with Gasteiger partial charge in [-0.15, -0.1) is 10.2 Å². The first-order valence-corrected chi connectivity index (χ1v) is 8.59. The lowest BCUT2D eigenvalue weighted by molar-refractivity contribution is -0.118. The fraction of sp³-hybridized carbons (Fsp3) is 0.0952. The molecule has 1 N–H and O–H groups in total. The summed E-state index contributed by atoms with van der Waals surface area (Å²) in [5.74, 6) is 0.442. The molecule has 0 spiro atoms. The van der Waals surface area contributed by atoms with E-state index in [4.69, 9.17) is 4.74 Å². The van der Waals surface area contributed by atoms with Crippen LogP contribution >= 0.6 is 0 Å². The summed E-state index contributed by atoms with van der Waals surface area (Å²) in [5.41, 5.74) is 4.08. The second-order valence-corrected chi connectivity index (χ2v) is 6.18. The Morgan fingerprint density at radius 3 is 2.59 bits per heavy atom. The molecule has 0 fully saturated rings. The highest BCUT2D eigenvalue weighted by Crippen LogP contribution is 2.18. The summed E-state index contributed by atoms with van der Waals surface area (Å²) < 4.78 is 5.53. The van der Waals surface area contributed by atoms with Crippen molar-refractivity contribution in [3.05, 3.63) is 78.4 Å². The van der Waals surface area contributed by atoms with Gasteiger partial charge in [0.2, 0.25) is 0 Å². The summed E-state index contributed by atoms with van der Waals surface area (Å²) in [5, 5.41) is 11.8. The smallest absolute Gasteiger partial charge is 0.262 e. The monoisotopic (exact) mass is 358 g/mol. The van der Waals surface area contributed by atoms with Crippen LogP contribution in [0.15, 0.2) is 72.8 Å². The molecule has 4 rings (SSSR count). The number of benzene rings is 3. The molecule has 0 radical (unpaired) electrons. The average Bonchev–Trinajstić information content (AvgIpc) is 3.11. The number of para-hydroxylation sites is 1. The quantitative estimate of drug-likeness (QED) is 0.590. The van der Waals surface area contributed by atoms with E-state index in [9.17, 15) is 4.79 Å². The normalized spacial score (nSPS) is 10.7. The van der Waals surface area contributed by atoms with Crippen LogP contribution in [0.3, 0.4) is 0 Å². The van der Waals surface area contributed by atoms with Crippen molar-refractivity contribution in [2.24, 2.45) is 0 Å². The minimum Gasteiger partial charge on any atom is -0.484 e. The second-order valence-electron chi connectivity index (χ2n) is 6.18. The molecular formula is C21H18N4O2. The van der Waals surface area contributed by atoms with Crippen LogP contribution in [-0.4, -0.2) is 27.5 Å². The molecule has 1 heterocycles. The first-order chi connectivity index (χ1) is 13.2. The van der Waals surface area contributed by atoms with Gasteiger partial charge >= 0.3 is 0 Å². The zero-order valence-corrected chi connectivity index (χ0v) is 14.8. The van der Waals surface area contributed by atoms with Gasteiger partial charge in [-0.05, 0) is 55.0 Å². The molecule has 0 aliphatic rings. The topological polar surface area (TPSA) is 69.0 Å². The van der Waals surface area contributed by atoms with Crippen LogP contribution in [0.4, 0.5) is 5.69 Å². The molecule has 1 aromatic heterocycles. The third-order valence-electron chi connectivity index (χ3n) is 4.01. The molecule has 0 bridgehead atoms. The lowest BCUT2D eigenvalue weighted by Crippen LogP contribution is -2.20. The summed E-state index contributed by atoms with van der Waals surface area (Å²) in [6, 6.07) is 22.7. The molecule has 3 aromatic carbocycles. The van der Waals surface area contributed by atoms with Crippen LogP contribution in [0.25, 0.3) is 16.7 Å². The molecule has 0 saturated carbocycles. The summed E-state index contributed by atoms with van der Waals surface area (Å²) in [4.78, 5) is 13.7. The Kier molecular flexibility index (Phi) is 4.53. The highest BCUT2D eigenvalue weighted by Gasteiger charge is 2.08. The van der Waals surface area contributed by atoms with E-state index >= 15 is 0 Å². The molecule has 4 aromatic rings. The van der Waals surface area contributed by atoms with E-state index in [0.717, 1.165) is 16.8 Å². The van der Waals surface area contributed by atoms with Gasteiger partial charge < -0.3 is 10.1 Å². The van der Waals surface area contributed by atoms with Crippen LogP contribution in [0, 0.1) is 6.92 Å². The number of rotatable bonds is 5. The predicted octanol–water partition coefficient (Wildman–Crippen LogP) is 3.75. The fourth-order valence-corrected chi connectivity index (χ4v) is 2.72. The van der Waals surface area contributed by atoms with Gasteiger partial charge in [0.05, 0.1) is 5.69 Å². The lowest BCUT2D eigenvalue weighted by atomic mass is 10.2. The van der Waals surface area contributed by atoms with E-state index in [2.05, 4.69) is 15.5 Å². The van der Waals surface area contributed by atoms with Crippen LogP contribution in [0.1, 0.15) is 5.56 Å². The summed E-state index contributed by atoms with van der Waals surface area (Å²) >= 11 is 0. The maximum Gasteiger partial charge on any atom is 0.262 e. The highest BCUT2D eigenvalue weighted by atomic mass is 16.5. The van der Waals surface area contributed by atoms with Gasteiger partial charge in [0.1, 0.15) is 16.8 Å². The van der Waals surface area contributed by atoms with E-state index < -0.39 is 0 Å². The third kappa shape index (κ3) is 3.95. The van der Waals surface area contributed by atoms with Crippen LogP contribution in [0.5, 0.6) is 5.75 Å². The SMILES string of the molecule is Cc1cccc(OCC(=O)Nc2ccc3nn(-c4ccccc4)nc3c2)c1. The van der Waals surface area contributed by atoms with E-state index in [-0.39, 0.29) is 12.5 Å². The number of carbonyl (C=O) groups excluding carboxylic acids is 1. The molecule has 27 heavy (non-hydrogen) atoms. The van der Waals surface area contributed by atoms with Gasteiger partial charge in [-0.1, -0.05) is 30.3 Å². The maximum absolute atomic E-state index is 12.2. The summed E-state index contributed by atoms with van der Waals surface area (Å²) in [7, 11) is 0. The number of nitrogens with zero attached hydrogens (tertiary/aromatic N) is 3. The highest BCUT2D eigenvalue weighted by molar-refractivity contribution is 5.93. The number of aromatic nitrogens is 3. The Hall–Kier alpha value is -3.67. The molecule has 0 atom stereocenters. The lowest BCUT2D eigenvalue weighted by Gasteiger charge is -2.08. The van der Waals surface area contributed by atoms with E-state index in [1.807, 2.05) is 67.6 Å². The van der Waals surface area contributed by atoms with Crippen LogP contribution < -0.4 is 10.1 Å². The second kappa shape index (κ2) is 7.29. The molecule has 0 unspecified atom stereocenters. The Bertz CT molecular complexity index is 1090. The summed E-state index contributed by atoms with van der Waals surface area (Å²) in [6.45, 7) is 1.92. The molecule has 0 saturated heterocycles. The number of aryl methyl sites for hydroxylation is 1. The van der Waals surface area contributed by atoms with Gasteiger partial charge in [-0.3, -0.25) is 4.79 Å². The number of ether oxygens (including phenoxy) is 1. The summed E-state index contributed by atoms with van der Waals surface area (Å²) in [6.07, 6.45) is 0. The number of hydrogen-bond acceptors (Lipinski definition) is 4. The minimum absolute atomic E-state index is 0.0573. The number of hydrogen-bond donors (Lipinski definition) is 1. The number of fused-ring (bicyclic) bond motifs is 1. The number of nitrogens with one attached hydrogen (secondary N) is 1. The standard InChI is InChI=1S/C21H18N4O2/c1-15-6-5-9-18(12-15)27-14-21(26)22-16-10-11-19-20(13-16)24-25(23-19)17-7-3-2-4-8-17/h2-13H,14H2,1H3,(H,22,26). The van der Waals surface area contributed by atoms with Crippen molar-refractivity contribution in [1.29, 1.82) is 0 Å². The van der Waals surface area contributed by atoms with Crippen molar-refractivity contribution >= 4 is 22.6 Å². The van der Waals surface area contributed by atoms with Gasteiger partial charge in [0, 0.05) is 5.69 Å². The third-order valence-corrected chi connectivity index (χ3v) is 4.01. The van der Waals surface area contributed by atoms with E-state index in [1.54, 1.807) is 16.9 Å². The van der Waals surface area contributed by atoms with Crippen molar-refractivity contribution in [2.45, 2.75) is 6.92 Å². The van der Waals surface area contributed by atoms with E-state index in [1.165, 1.54) is 0 Å². The van der Waals surface area contributed by atoms with Crippen molar-refractivity contribution in [3.8, 4) is 11.4 Å².